The van der Waals surface area contributed by atoms with Crippen molar-refractivity contribution in [2.75, 3.05) is 13.2 Å². The molecule has 0 aliphatic heterocycles. The molecule has 0 radical (unpaired) electrons. The van der Waals surface area contributed by atoms with Gasteiger partial charge >= 0.3 is 5.97 Å². The van der Waals surface area contributed by atoms with Gasteiger partial charge in [-0.2, -0.15) is 0 Å². The molecule has 0 saturated heterocycles. The van der Waals surface area contributed by atoms with Crippen LogP contribution in [0.4, 0.5) is 0 Å². The van der Waals surface area contributed by atoms with Crippen molar-refractivity contribution >= 4 is 17.8 Å². The highest BCUT2D eigenvalue weighted by Gasteiger charge is 2.27. The van der Waals surface area contributed by atoms with Crippen LogP contribution in [0.1, 0.15) is 39.5 Å². The van der Waals surface area contributed by atoms with Crippen molar-refractivity contribution in [3.63, 3.8) is 0 Å². The smallest absolute Gasteiger partial charge is 0.326 e. The Balaban J connectivity index is 4.62. The predicted molar refractivity (Wildman–Crippen MR) is 88.9 cm³/mol. The van der Waals surface area contributed by atoms with Crippen LogP contribution in [0.25, 0.3) is 0 Å². The van der Waals surface area contributed by atoms with E-state index in [1.165, 1.54) is 0 Å². The molecule has 0 aromatic carbocycles. The van der Waals surface area contributed by atoms with Crippen molar-refractivity contribution in [2.24, 2.45) is 17.4 Å². The minimum Gasteiger partial charge on any atom is -0.480 e. The number of carbonyl (C=O) groups is 3. The molecule has 0 rings (SSSR count). The molecule has 140 valence electrons. The van der Waals surface area contributed by atoms with E-state index in [2.05, 4.69) is 10.6 Å². The van der Waals surface area contributed by atoms with E-state index in [1.807, 2.05) is 13.8 Å². The van der Waals surface area contributed by atoms with Gasteiger partial charge in [-0.15, -0.1) is 0 Å². The summed E-state index contributed by atoms with van der Waals surface area (Å²) < 4.78 is 0. The monoisotopic (exact) mass is 346 g/mol. The lowest BCUT2D eigenvalue weighted by atomic mass is 10.0. The van der Waals surface area contributed by atoms with Gasteiger partial charge in [0, 0.05) is 0 Å². The van der Waals surface area contributed by atoms with Crippen LogP contribution in [0.15, 0.2) is 0 Å². The number of nitrogens with two attached hydrogens (primary N) is 2. The lowest BCUT2D eigenvalue weighted by Gasteiger charge is -2.22. The Morgan fingerprint density at radius 3 is 2.08 bits per heavy atom. The van der Waals surface area contributed by atoms with Crippen LogP contribution in [-0.2, 0) is 14.4 Å². The minimum atomic E-state index is -1.24. The molecule has 9 nitrogen and oxygen atoms in total. The SMILES string of the molecule is CC(C)CC(NC(=O)C(CO)NC(=O)C(N)CCCCN)C(=O)O. The number of unbranched alkanes of at least 4 members (excludes halogenated alkanes) is 1. The summed E-state index contributed by atoms with van der Waals surface area (Å²) in [5, 5.41) is 23.1. The Morgan fingerprint density at radius 1 is 1.04 bits per heavy atom. The van der Waals surface area contributed by atoms with Crippen molar-refractivity contribution in [3.05, 3.63) is 0 Å². The third kappa shape index (κ3) is 8.80. The fourth-order valence-corrected chi connectivity index (χ4v) is 2.08. The average molecular weight is 346 g/mol. The standard InChI is InChI=1S/C15H30N4O5/c1-9(2)7-11(15(23)24)18-14(22)12(8-20)19-13(21)10(17)5-3-4-6-16/h9-12,20H,3-8,16-17H2,1-2H3,(H,18,22)(H,19,21)(H,23,24). The van der Waals surface area contributed by atoms with E-state index in [1.54, 1.807) is 0 Å². The van der Waals surface area contributed by atoms with Crippen LogP contribution in [-0.4, -0.2) is 59.3 Å². The minimum absolute atomic E-state index is 0.0598. The van der Waals surface area contributed by atoms with Crippen molar-refractivity contribution < 1.29 is 24.6 Å². The largest absolute Gasteiger partial charge is 0.480 e. The molecule has 3 unspecified atom stereocenters. The van der Waals surface area contributed by atoms with Crippen LogP contribution < -0.4 is 22.1 Å². The normalized spacial score (nSPS) is 14.8. The van der Waals surface area contributed by atoms with E-state index in [4.69, 9.17) is 16.6 Å². The van der Waals surface area contributed by atoms with Crippen LogP contribution in [0.2, 0.25) is 0 Å². The van der Waals surface area contributed by atoms with E-state index in [-0.39, 0.29) is 12.3 Å². The molecule has 0 saturated carbocycles. The lowest BCUT2D eigenvalue weighted by Crippen LogP contribution is -2.56. The fourth-order valence-electron chi connectivity index (χ4n) is 2.08. The van der Waals surface area contributed by atoms with Gasteiger partial charge in [0.05, 0.1) is 12.6 Å². The van der Waals surface area contributed by atoms with Crippen molar-refractivity contribution in [1.82, 2.24) is 10.6 Å². The molecule has 24 heavy (non-hydrogen) atoms. The van der Waals surface area contributed by atoms with Crippen LogP contribution >= 0.6 is 0 Å². The molecule has 0 aromatic heterocycles. The van der Waals surface area contributed by atoms with Gasteiger partial charge in [0.25, 0.3) is 0 Å². The molecule has 0 fully saturated rings. The molecular formula is C15H30N4O5. The second-order valence-electron chi connectivity index (χ2n) is 6.16. The lowest BCUT2D eigenvalue weighted by molar-refractivity contribution is -0.143. The van der Waals surface area contributed by atoms with Crippen molar-refractivity contribution in [2.45, 2.75) is 57.7 Å². The maximum absolute atomic E-state index is 12.1. The third-order valence-corrected chi connectivity index (χ3v) is 3.44. The summed E-state index contributed by atoms with van der Waals surface area (Å²) in [5.41, 5.74) is 11.1. The van der Waals surface area contributed by atoms with Gasteiger partial charge < -0.3 is 32.3 Å². The molecule has 0 bridgehead atoms. The molecule has 3 atom stereocenters. The van der Waals surface area contributed by atoms with Gasteiger partial charge in [0.2, 0.25) is 11.8 Å². The summed E-state index contributed by atoms with van der Waals surface area (Å²) >= 11 is 0. The van der Waals surface area contributed by atoms with Crippen LogP contribution in [0.3, 0.4) is 0 Å². The highest BCUT2D eigenvalue weighted by molar-refractivity contribution is 5.91. The summed E-state index contributed by atoms with van der Waals surface area (Å²) in [7, 11) is 0. The molecule has 2 amide bonds. The zero-order valence-electron chi connectivity index (χ0n) is 14.3. The second-order valence-corrected chi connectivity index (χ2v) is 6.16. The molecule has 9 heteroatoms. The number of aliphatic carboxylic acids is 1. The van der Waals surface area contributed by atoms with Gasteiger partial charge in [-0.05, 0) is 31.7 Å². The molecule has 0 aliphatic rings. The number of aliphatic hydroxyl groups is 1. The Bertz CT molecular complexity index is 417. The second kappa shape index (κ2) is 11.8. The molecule has 0 aliphatic carbocycles. The number of hydrogen-bond donors (Lipinski definition) is 6. The summed E-state index contributed by atoms with van der Waals surface area (Å²) in [5.74, 6) is -2.44. The van der Waals surface area contributed by atoms with Gasteiger partial charge in [-0.3, -0.25) is 9.59 Å². The first-order valence-corrected chi connectivity index (χ1v) is 8.12. The number of hydrogen-bond acceptors (Lipinski definition) is 6. The summed E-state index contributed by atoms with van der Waals surface area (Å²) in [6, 6.07) is -3.14. The summed E-state index contributed by atoms with van der Waals surface area (Å²) in [4.78, 5) is 35.2. The topological polar surface area (TPSA) is 168 Å². The predicted octanol–water partition coefficient (Wildman–Crippen LogP) is -1.46. The number of rotatable bonds is 12. The Kier molecular flexibility index (Phi) is 10.9. The average Bonchev–Trinajstić information content (AvgIpc) is 2.50. The number of nitrogens with one attached hydrogen (secondary N) is 2. The zero-order valence-corrected chi connectivity index (χ0v) is 14.3. The highest BCUT2D eigenvalue weighted by atomic mass is 16.4. The Hall–Kier alpha value is -1.71. The van der Waals surface area contributed by atoms with E-state index >= 15 is 0 Å². The molecule has 0 heterocycles. The van der Waals surface area contributed by atoms with Crippen molar-refractivity contribution in [3.8, 4) is 0 Å². The van der Waals surface area contributed by atoms with Crippen LogP contribution in [0.5, 0.6) is 0 Å². The molecule has 0 aromatic rings. The first kappa shape index (κ1) is 22.3. The van der Waals surface area contributed by atoms with Gasteiger partial charge in [-0.1, -0.05) is 20.3 Å². The third-order valence-electron chi connectivity index (χ3n) is 3.44. The highest BCUT2D eigenvalue weighted by Crippen LogP contribution is 2.05. The van der Waals surface area contributed by atoms with Crippen LogP contribution in [0, 0.1) is 5.92 Å². The summed E-state index contributed by atoms with van der Waals surface area (Å²) in [6.07, 6.45) is 2.07. The first-order valence-electron chi connectivity index (χ1n) is 8.12. The Morgan fingerprint density at radius 2 is 1.62 bits per heavy atom. The maximum Gasteiger partial charge on any atom is 0.326 e. The number of carboxylic acids is 1. The number of carboxylic acid groups (broad SMARTS) is 1. The van der Waals surface area contributed by atoms with E-state index < -0.39 is 42.5 Å². The van der Waals surface area contributed by atoms with Gasteiger partial charge in [0.15, 0.2) is 0 Å². The van der Waals surface area contributed by atoms with Gasteiger partial charge in [-0.25, -0.2) is 4.79 Å². The molecular weight excluding hydrogens is 316 g/mol. The van der Waals surface area contributed by atoms with Crippen molar-refractivity contribution in [1.29, 1.82) is 0 Å². The molecule has 8 N–H and O–H groups in total. The van der Waals surface area contributed by atoms with E-state index in [0.29, 0.717) is 19.4 Å². The van der Waals surface area contributed by atoms with E-state index in [0.717, 1.165) is 6.42 Å². The van der Waals surface area contributed by atoms with Gasteiger partial charge in [0.1, 0.15) is 12.1 Å². The number of aliphatic hydroxyl groups excluding tert-OH is 1. The van der Waals surface area contributed by atoms with E-state index in [9.17, 15) is 19.5 Å². The summed E-state index contributed by atoms with van der Waals surface area (Å²) in [6.45, 7) is 3.51. The fraction of sp³-hybridized carbons (Fsp3) is 0.800. The maximum atomic E-state index is 12.1. The molecule has 0 spiro atoms. The number of carbonyl (C=O) groups excluding carboxylic acids is 2. The first-order chi connectivity index (χ1) is 11.2. The zero-order chi connectivity index (χ0) is 18.7. The Labute approximate surface area is 142 Å². The quantitative estimate of drug-likeness (QED) is 0.235. The number of amides is 2.